The fourth-order valence-electron chi connectivity index (χ4n) is 2.94. The topological polar surface area (TPSA) is 69.0 Å². The summed E-state index contributed by atoms with van der Waals surface area (Å²) in [6, 6.07) is 15.9. The molecule has 2 heterocycles. The number of rotatable bonds is 5. The van der Waals surface area contributed by atoms with Crippen LogP contribution in [0.15, 0.2) is 48.7 Å². The Morgan fingerprint density at radius 2 is 2.12 bits per heavy atom. The van der Waals surface area contributed by atoms with Crippen molar-refractivity contribution in [3.63, 3.8) is 0 Å². The average Bonchev–Trinajstić information content (AvgIpc) is 3.10. The van der Waals surface area contributed by atoms with E-state index in [0.29, 0.717) is 18.7 Å². The summed E-state index contributed by atoms with van der Waals surface area (Å²) in [5, 5.41) is 12.1. The highest BCUT2D eigenvalue weighted by molar-refractivity contribution is 5.77. The van der Waals surface area contributed by atoms with Crippen LogP contribution in [0, 0.1) is 11.3 Å². The van der Waals surface area contributed by atoms with E-state index >= 15 is 0 Å². The Labute approximate surface area is 141 Å². The number of anilines is 1. The summed E-state index contributed by atoms with van der Waals surface area (Å²) in [5.74, 6) is 0.209. The summed E-state index contributed by atoms with van der Waals surface area (Å²) in [5.41, 5.74) is 2.49. The van der Waals surface area contributed by atoms with Gasteiger partial charge in [-0.15, -0.1) is 0 Å². The van der Waals surface area contributed by atoms with Crippen LogP contribution in [0.4, 0.5) is 5.69 Å². The molecule has 1 saturated heterocycles. The van der Waals surface area contributed by atoms with Crippen LogP contribution >= 0.6 is 0 Å². The fourth-order valence-corrected chi connectivity index (χ4v) is 2.94. The van der Waals surface area contributed by atoms with Crippen molar-refractivity contribution in [1.29, 1.82) is 5.26 Å². The van der Waals surface area contributed by atoms with Crippen molar-refractivity contribution >= 4 is 11.6 Å². The predicted octanol–water partition coefficient (Wildman–Crippen LogP) is 2.60. The zero-order valence-electron chi connectivity index (χ0n) is 13.5. The van der Waals surface area contributed by atoms with E-state index in [1.807, 2.05) is 35.2 Å². The number of nitrogens with zero attached hydrogens (tertiary/aromatic N) is 3. The number of carbonyl (C=O) groups is 1. The van der Waals surface area contributed by atoms with Gasteiger partial charge in [0.2, 0.25) is 5.91 Å². The molecule has 1 aromatic heterocycles. The first-order chi connectivity index (χ1) is 11.7. The van der Waals surface area contributed by atoms with E-state index in [2.05, 4.69) is 22.4 Å². The minimum Gasteiger partial charge on any atom is -0.379 e. The van der Waals surface area contributed by atoms with Gasteiger partial charge >= 0.3 is 0 Å². The third-order valence-corrected chi connectivity index (χ3v) is 4.26. The van der Waals surface area contributed by atoms with E-state index in [4.69, 9.17) is 5.26 Å². The molecule has 1 aliphatic heterocycles. The molecular formula is C19H20N4O. The standard InChI is InChI=1S/C19H20N4O/c20-12-16-7-8-17(13-21-16)22-18-10-11-23(14-18)19(24)9-6-15-4-2-1-3-5-15/h1-5,7-8,13,18,22H,6,9-11,14H2/t18-/m0/s1. The van der Waals surface area contributed by atoms with E-state index in [9.17, 15) is 4.79 Å². The van der Waals surface area contributed by atoms with Crippen molar-refractivity contribution in [2.75, 3.05) is 18.4 Å². The van der Waals surface area contributed by atoms with Crippen LogP contribution in [0.5, 0.6) is 0 Å². The second-order valence-electron chi connectivity index (χ2n) is 6.00. The van der Waals surface area contributed by atoms with Gasteiger partial charge < -0.3 is 10.2 Å². The predicted molar refractivity (Wildman–Crippen MR) is 92.3 cm³/mol. The second-order valence-corrected chi connectivity index (χ2v) is 6.00. The van der Waals surface area contributed by atoms with Crippen LogP contribution in [0.1, 0.15) is 24.1 Å². The smallest absolute Gasteiger partial charge is 0.222 e. The highest BCUT2D eigenvalue weighted by Crippen LogP contribution is 2.17. The van der Waals surface area contributed by atoms with Gasteiger partial charge in [-0.2, -0.15) is 5.26 Å². The molecule has 2 aromatic rings. The zero-order chi connectivity index (χ0) is 16.8. The van der Waals surface area contributed by atoms with Crippen LogP contribution < -0.4 is 5.32 Å². The summed E-state index contributed by atoms with van der Waals surface area (Å²) < 4.78 is 0. The molecule has 0 spiro atoms. The van der Waals surface area contributed by atoms with E-state index in [0.717, 1.165) is 25.1 Å². The number of likely N-dealkylation sites (tertiary alicyclic amines) is 1. The Hall–Kier alpha value is -2.87. The van der Waals surface area contributed by atoms with Crippen LogP contribution in [0.2, 0.25) is 0 Å². The number of carbonyl (C=O) groups excluding carboxylic acids is 1. The van der Waals surface area contributed by atoms with E-state index in [1.165, 1.54) is 5.56 Å². The third-order valence-electron chi connectivity index (χ3n) is 4.26. The Morgan fingerprint density at radius 3 is 2.83 bits per heavy atom. The number of benzene rings is 1. The number of nitrogens with one attached hydrogen (secondary N) is 1. The van der Waals surface area contributed by atoms with E-state index in [1.54, 1.807) is 12.3 Å². The van der Waals surface area contributed by atoms with Crippen molar-refractivity contribution < 1.29 is 4.79 Å². The molecule has 1 amide bonds. The van der Waals surface area contributed by atoms with Gasteiger partial charge in [0.25, 0.3) is 0 Å². The molecule has 5 heteroatoms. The molecule has 1 aromatic carbocycles. The van der Waals surface area contributed by atoms with Gasteiger partial charge in [0.1, 0.15) is 11.8 Å². The van der Waals surface area contributed by atoms with Crippen molar-refractivity contribution in [2.24, 2.45) is 0 Å². The number of hydrogen-bond donors (Lipinski definition) is 1. The minimum atomic E-state index is 0.209. The molecule has 1 fully saturated rings. The molecule has 1 atom stereocenters. The number of nitriles is 1. The molecule has 1 N–H and O–H groups in total. The van der Waals surface area contributed by atoms with Gasteiger partial charge in [-0.05, 0) is 30.5 Å². The summed E-state index contributed by atoms with van der Waals surface area (Å²) in [4.78, 5) is 18.3. The lowest BCUT2D eigenvalue weighted by molar-refractivity contribution is -0.130. The molecule has 0 unspecified atom stereocenters. The van der Waals surface area contributed by atoms with Crippen LogP contribution in [-0.2, 0) is 11.2 Å². The van der Waals surface area contributed by atoms with Gasteiger partial charge in [0, 0.05) is 25.6 Å². The molecule has 5 nitrogen and oxygen atoms in total. The van der Waals surface area contributed by atoms with Gasteiger partial charge in [0.15, 0.2) is 0 Å². The quantitative estimate of drug-likeness (QED) is 0.919. The van der Waals surface area contributed by atoms with E-state index in [-0.39, 0.29) is 11.9 Å². The first-order valence-corrected chi connectivity index (χ1v) is 8.19. The molecule has 0 aliphatic carbocycles. The highest BCUT2D eigenvalue weighted by Gasteiger charge is 2.25. The lowest BCUT2D eigenvalue weighted by Gasteiger charge is -2.17. The number of aryl methyl sites for hydroxylation is 1. The van der Waals surface area contributed by atoms with Crippen molar-refractivity contribution in [2.45, 2.75) is 25.3 Å². The van der Waals surface area contributed by atoms with E-state index < -0.39 is 0 Å². The first-order valence-electron chi connectivity index (χ1n) is 8.19. The molecule has 1 aliphatic rings. The normalized spacial score (nSPS) is 16.6. The van der Waals surface area contributed by atoms with Crippen molar-refractivity contribution in [3.05, 3.63) is 59.9 Å². The van der Waals surface area contributed by atoms with Crippen LogP contribution in [-0.4, -0.2) is 34.9 Å². The lowest BCUT2D eigenvalue weighted by Crippen LogP contribution is -2.31. The second kappa shape index (κ2) is 7.60. The maximum Gasteiger partial charge on any atom is 0.222 e. The SMILES string of the molecule is N#Cc1ccc(N[C@H]2CCN(C(=O)CCc3ccccc3)C2)cn1. The van der Waals surface area contributed by atoms with Gasteiger partial charge in [0.05, 0.1) is 11.9 Å². The fraction of sp³-hybridized carbons (Fsp3) is 0.316. The minimum absolute atomic E-state index is 0.209. The third kappa shape index (κ3) is 4.11. The number of pyridine rings is 1. The summed E-state index contributed by atoms with van der Waals surface area (Å²) in [7, 11) is 0. The lowest BCUT2D eigenvalue weighted by atomic mass is 10.1. The largest absolute Gasteiger partial charge is 0.379 e. The Kier molecular flexibility index (Phi) is 5.07. The van der Waals surface area contributed by atoms with Crippen LogP contribution in [0.3, 0.4) is 0 Å². The molecule has 24 heavy (non-hydrogen) atoms. The molecule has 3 rings (SSSR count). The maximum atomic E-state index is 12.3. The monoisotopic (exact) mass is 320 g/mol. The number of hydrogen-bond acceptors (Lipinski definition) is 4. The summed E-state index contributed by atoms with van der Waals surface area (Å²) >= 11 is 0. The Morgan fingerprint density at radius 1 is 1.29 bits per heavy atom. The van der Waals surface area contributed by atoms with Crippen molar-refractivity contribution in [1.82, 2.24) is 9.88 Å². The molecular weight excluding hydrogens is 300 g/mol. The van der Waals surface area contributed by atoms with Gasteiger partial charge in [-0.25, -0.2) is 4.98 Å². The first kappa shape index (κ1) is 16.0. The maximum absolute atomic E-state index is 12.3. The van der Waals surface area contributed by atoms with Gasteiger partial charge in [-0.3, -0.25) is 4.79 Å². The Bertz CT molecular complexity index is 721. The number of amides is 1. The Balaban J connectivity index is 1.47. The van der Waals surface area contributed by atoms with Gasteiger partial charge in [-0.1, -0.05) is 30.3 Å². The number of aromatic nitrogens is 1. The zero-order valence-corrected chi connectivity index (χ0v) is 13.5. The molecule has 0 saturated carbocycles. The molecule has 0 radical (unpaired) electrons. The average molecular weight is 320 g/mol. The summed E-state index contributed by atoms with van der Waals surface area (Å²) in [6.07, 6.45) is 3.93. The highest BCUT2D eigenvalue weighted by atomic mass is 16.2. The van der Waals surface area contributed by atoms with Crippen molar-refractivity contribution in [3.8, 4) is 6.07 Å². The molecule has 0 bridgehead atoms. The molecule has 122 valence electrons. The van der Waals surface area contributed by atoms with Crippen LogP contribution in [0.25, 0.3) is 0 Å². The summed E-state index contributed by atoms with van der Waals surface area (Å²) in [6.45, 7) is 1.50.